The number of nitrogens with one attached hydrogen (secondary N) is 1. The van der Waals surface area contributed by atoms with E-state index < -0.39 is 0 Å². The molecule has 0 spiro atoms. The van der Waals surface area contributed by atoms with Gasteiger partial charge in [-0.3, -0.25) is 0 Å². The van der Waals surface area contributed by atoms with E-state index in [9.17, 15) is 5.11 Å². The Morgan fingerprint density at radius 3 is 2.84 bits per heavy atom. The summed E-state index contributed by atoms with van der Waals surface area (Å²) in [4.78, 5) is 14.8. The maximum Gasteiger partial charge on any atom is 0.323 e. The summed E-state index contributed by atoms with van der Waals surface area (Å²) >= 11 is 0. The van der Waals surface area contributed by atoms with Gasteiger partial charge in [-0.2, -0.15) is 15.0 Å². The third kappa shape index (κ3) is 2.86. The van der Waals surface area contributed by atoms with Crippen molar-refractivity contribution in [2.45, 2.75) is 26.3 Å². The number of anilines is 2. The maximum absolute atomic E-state index is 9.51. The van der Waals surface area contributed by atoms with Gasteiger partial charge in [-0.05, 0) is 19.3 Å². The van der Waals surface area contributed by atoms with Gasteiger partial charge in [0.05, 0.1) is 19.3 Å². The van der Waals surface area contributed by atoms with Crippen LogP contribution >= 0.6 is 0 Å². The monoisotopic (exact) mass is 267 g/mol. The highest BCUT2D eigenvalue weighted by atomic mass is 16.5. The molecule has 1 saturated heterocycles. The lowest BCUT2D eigenvalue weighted by Gasteiger charge is -2.25. The molecular formula is C12H21N5O2. The number of aliphatic hydroxyl groups is 1. The molecule has 0 aliphatic carbocycles. The number of hydrogen-bond acceptors (Lipinski definition) is 7. The largest absolute Gasteiger partial charge is 0.464 e. The number of rotatable bonds is 5. The number of aromatic nitrogens is 3. The second-order valence-corrected chi connectivity index (χ2v) is 4.63. The van der Waals surface area contributed by atoms with E-state index in [1.807, 2.05) is 11.8 Å². The molecule has 0 aromatic carbocycles. The van der Waals surface area contributed by atoms with Crippen LogP contribution in [0.3, 0.4) is 0 Å². The molecule has 19 heavy (non-hydrogen) atoms. The first kappa shape index (κ1) is 13.8. The second-order valence-electron chi connectivity index (χ2n) is 4.63. The molecule has 2 N–H and O–H groups in total. The average Bonchev–Trinajstić information content (AvgIpc) is 2.79. The molecule has 2 atom stereocenters. The highest BCUT2D eigenvalue weighted by molar-refractivity contribution is 5.40. The SMILES string of the molecule is CCOc1nc(NC)nc(N2CCC(C)C2CO)n1. The molecule has 1 aromatic heterocycles. The van der Waals surface area contributed by atoms with Gasteiger partial charge in [-0.15, -0.1) is 0 Å². The summed E-state index contributed by atoms with van der Waals surface area (Å²) in [5.74, 6) is 1.46. The minimum Gasteiger partial charge on any atom is -0.464 e. The number of nitrogens with zero attached hydrogens (tertiary/aromatic N) is 4. The lowest BCUT2D eigenvalue weighted by Crippen LogP contribution is -2.36. The van der Waals surface area contributed by atoms with Gasteiger partial charge in [0, 0.05) is 13.6 Å². The second kappa shape index (κ2) is 6.01. The summed E-state index contributed by atoms with van der Waals surface area (Å²) in [6.07, 6.45) is 1.02. The molecule has 0 radical (unpaired) electrons. The van der Waals surface area contributed by atoms with Gasteiger partial charge < -0.3 is 20.1 Å². The summed E-state index contributed by atoms with van der Waals surface area (Å²) in [6.45, 7) is 5.46. The van der Waals surface area contributed by atoms with Crippen molar-refractivity contribution in [2.75, 3.05) is 37.0 Å². The Labute approximate surface area is 113 Å². The minimum absolute atomic E-state index is 0.0570. The van der Waals surface area contributed by atoms with E-state index in [1.165, 1.54) is 0 Å². The summed E-state index contributed by atoms with van der Waals surface area (Å²) < 4.78 is 5.35. The zero-order chi connectivity index (χ0) is 13.8. The van der Waals surface area contributed by atoms with Crippen LogP contribution in [0.5, 0.6) is 6.01 Å². The Hall–Kier alpha value is -1.63. The highest BCUT2D eigenvalue weighted by Gasteiger charge is 2.32. The van der Waals surface area contributed by atoms with E-state index in [1.54, 1.807) is 7.05 Å². The molecule has 1 aliphatic heterocycles. The van der Waals surface area contributed by atoms with E-state index in [-0.39, 0.29) is 12.6 Å². The van der Waals surface area contributed by atoms with Gasteiger partial charge in [-0.1, -0.05) is 6.92 Å². The van der Waals surface area contributed by atoms with E-state index >= 15 is 0 Å². The predicted octanol–water partition coefficient (Wildman–Crippen LogP) is 0.519. The van der Waals surface area contributed by atoms with E-state index in [4.69, 9.17) is 4.74 Å². The highest BCUT2D eigenvalue weighted by Crippen LogP contribution is 2.28. The van der Waals surface area contributed by atoms with Crippen LogP contribution < -0.4 is 15.0 Å². The van der Waals surface area contributed by atoms with Gasteiger partial charge in [0.1, 0.15) is 0 Å². The summed E-state index contributed by atoms with van der Waals surface area (Å²) in [5, 5.41) is 12.4. The van der Waals surface area contributed by atoms with Crippen molar-refractivity contribution in [3.63, 3.8) is 0 Å². The van der Waals surface area contributed by atoms with E-state index in [0.717, 1.165) is 13.0 Å². The molecular weight excluding hydrogens is 246 g/mol. The normalized spacial score (nSPS) is 22.6. The summed E-state index contributed by atoms with van der Waals surface area (Å²) in [5.41, 5.74) is 0. The van der Waals surface area contributed by atoms with E-state index in [2.05, 4.69) is 27.2 Å². The van der Waals surface area contributed by atoms with Crippen molar-refractivity contribution in [1.29, 1.82) is 0 Å². The zero-order valence-corrected chi connectivity index (χ0v) is 11.6. The molecule has 0 amide bonds. The third-order valence-corrected chi connectivity index (χ3v) is 3.43. The first-order chi connectivity index (χ1) is 9.19. The molecule has 1 aliphatic rings. The van der Waals surface area contributed by atoms with Crippen molar-refractivity contribution >= 4 is 11.9 Å². The molecule has 0 saturated carbocycles. The van der Waals surface area contributed by atoms with Gasteiger partial charge in [-0.25, -0.2) is 0 Å². The Bertz CT molecular complexity index is 429. The summed E-state index contributed by atoms with van der Waals surface area (Å²) in [6, 6.07) is 0.370. The fraction of sp³-hybridized carbons (Fsp3) is 0.750. The van der Waals surface area contributed by atoms with Gasteiger partial charge in [0.25, 0.3) is 0 Å². The Balaban J connectivity index is 2.30. The van der Waals surface area contributed by atoms with Gasteiger partial charge in [0.2, 0.25) is 11.9 Å². The first-order valence-electron chi connectivity index (χ1n) is 6.63. The zero-order valence-electron chi connectivity index (χ0n) is 11.6. The Morgan fingerprint density at radius 1 is 1.42 bits per heavy atom. The van der Waals surface area contributed by atoms with Crippen LogP contribution in [0, 0.1) is 5.92 Å². The summed E-state index contributed by atoms with van der Waals surface area (Å²) in [7, 11) is 1.75. The van der Waals surface area contributed by atoms with Gasteiger partial charge >= 0.3 is 6.01 Å². The van der Waals surface area contributed by atoms with E-state index in [0.29, 0.717) is 30.4 Å². The van der Waals surface area contributed by atoms with Crippen molar-refractivity contribution < 1.29 is 9.84 Å². The lowest BCUT2D eigenvalue weighted by molar-refractivity contribution is 0.243. The third-order valence-electron chi connectivity index (χ3n) is 3.43. The van der Waals surface area contributed by atoms with Crippen molar-refractivity contribution in [2.24, 2.45) is 5.92 Å². The molecule has 2 heterocycles. The van der Waals surface area contributed by atoms with Crippen LogP contribution in [-0.4, -0.2) is 52.9 Å². The topological polar surface area (TPSA) is 83.4 Å². The molecule has 2 unspecified atom stereocenters. The fourth-order valence-corrected chi connectivity index (χ4v) is 2.31. The maximum atomic E-state index is 9.51. The smallest absolute Gasteiger partial charge is 0.323 e. The molecule has 106 valence electrons. The molecule has 1 fully saturated rings. The van der Waals surface area contributed by atoms with Gasteiger partial charge in [0.15, 0.2) is 0 Å². The standard InChI is InChI=1S/C12H21N5O2/c1-4-19-12-15-10(13-3)14-11(16-12)17-6-5-8(2)9(17)7-18/h8-9,18H,4-7H2,1-3H3,(H,13,14,15,16). The average molecular weight is 267 g/mol. The Kier molecular flexibility index (Phi) is 4.36. The van der Waals surface area contributed by atoms with Crippen LogP contribution in [-0.2, 0) is 0 Å². The predicted molar refractivity (Wildman–Crippen MR) is 72.5 cm³/mol. The van der Waals surface area contributed by atoms with Crippen molar-refractivity contribution in [3.05, 3.63) is 0 Å². The molecule has 1 aromatic rings. The number of hydrogen-bond donors (Lipinski definition) is 2. The molecule has 7 heteroatoms. The minimum atomic E-state index is 0.0570. The van der Waals surface area contributed by atoms with Crippen LogP contribution in [0.2, 0.25) is 0 Å². The lowest BCUT2D eigenvalue weighted by atomic mass is 10.0. The van der Waals surface area contributed by atoms with Crippen LogP contribution in [0.4, 0.5) is 11.9 Å². The molecule has 0 bridgehead atoms. The fourth-order valence-electron chi connectivity index (χ4n) is 2.31. The Morgan fingerprint density at radius 2 is 2.21 bits per heavy atom. The first-order valence-corrected chi connectivity index (χ1v) is 6.63. The van der Waals surface area contributed by atoms with Crippen LogP contribution in [0.15, 0.2) is 0 Å². The molecule has 7 nitrogen and oxygen atoms in total. The number of aliphatic hydroxyl groups excluding tert-OH is 1. The quantitative estimate of drug-likeness (QED) is 0.804. The van der Waals surface area contributed by atoms with Crippen LogP contribution in [0.25, 0.3) is 0 Å². The molecule has 2 rings (SSSR count). The van der Waals surface area contributed by atoms with Crippen molar-refractivity contribution in [1.82, 2.24) is 15.0 Å². The van der Waals surface area contributed by atoms with Crippen LogP contribution in [0.1, 0.15) is 20.3 Å². The number of ether oxygens (including phenoxy) is 1. The van der Waals surface area contributed by atoms with Crippen molar-refractivity contribution in [3.8, 4) is 6.01 Å².